The van der Waals surface area contributed by atoms with E-state index in [-0.39, 0.29) is 24.5 Å². The zero-order valence-electron chi connectivity index (χ0n) is 14.8. The van der Waals surface area contributed by atoms with Crippen LogP contribution in [0.4, 0.5) is 5.69 Å². The third-order valence-electron chi connectivity index (χ3n) is 3.93. The Bertz CT molecular complexity index is 823. The maximum atomic E-state index is 12.3. The number of Topliss-reactive ketones (excluding diaryl/α,β-unsaturated/α-hetero) is 1. The number of hydrogen-bond donors (Lipinski definition) is 1. The molecule has 0 spiro atoms. The topological polar surface area (TPSA) is 72.5 Å². The lowest BCUT2D eigenvalue weighted by atomic mass is 10.1. The Morgan fingerprint density at radius 2 is 1.80 bits per heavy atom. The zero-order valence-corrected chi connectivity index (χ0v) is 15.6. The van der Waals surface area contributed by atoms with Crippen LogP contribution < -0.4 is 5.32 Å². The van der Waals surface area contributed by atoms with Gasteiger partial charge >= 0.3 is 5.97 Å². The van der Waals surface area contributed by atoms with Crippen molar-refractivity contribution in [2.75, 3.05) is 12.4 Å². The Hall–Kier alpha value is -2.47. The van der Waals surface area contributed by atoms with Gasteiger partial charge in [-0.25, -0.2) is 4.79 Å². The molecule has 0 radical (unpaired) electrons. The molecule has 1 amide bonds. The number of esters is 1. The summed E-state index contributed by atoms with van der Waals surface area (Å²) in [5, 5.41) is 2.76. The summed E-state index contributed by atoms with van der Waals surface area (Å²) < 4.78 is 4.72. The molecule has 2 rings (SSSR count). The van der Waals surface area contributed by atoms with Crippen LogP contribution in [-0.2, 0) is 9.53 Å². The molecule has 0 fully saturated rings. The molecule has 1 heterocycles. The van der Waals surface area contributed by atoms with E-state index in [1.165, 1.54) is 7.11 Å². The van der Waals surface area contributed by atoms with Gasteiger partial charge in [0.1, 0.15) is 0 Å². The average molecular weight is 359 g/mol. The number of carbonyl (C=O) groups is 3. The molecule has 0 aliphatic heterocycles. The number of carbonyl (C=O) groups excluding carboxylic acids is 3. The fraction of sp³-hybridized carbons (Fsp3) is 0.316. The summed E-state index contributed by atoms with van der Waals surface area (Å²) in [5.74, 6) is -0.743. The van der Waals surface area contributed by atoms with Gasteiger partial charge in [-0.15, -0.1) is 11.3 Å². The Labute approximate surface area is 151 Å². The second-order valence-electron chi connectivity index (χ2n) is 5.77. The van der Waals surface area contributed by atoms with E-state index in [9.17, 15) is 14.4 Å². The lowest BCUT2D eigenvalue weighted by molar-refractivity contribution is -0.116. The van der Waals surface area contributed by atoms with Gasteiger partial charge in [0, 0.05) is 33.8 Å². The highest BCUT2D eigenvalue weighted by molar-refractivity contribution is 7.12. The number of ether oxygens (including phenoxy) is 1. The summed E-state index contributed by atoms with van der Waals surface area (Å²) in [6, 6.07) is 6.90. The number of ketones is 1. The van der Waals surface area contributed by atoms with Crippen LogP contribution in [0.15, 0.2) is 24.3 Å². The van der Waals surface area contributed by atoms with E-state index in [1.54, 1.807) is 36.5 Å². The van der Waals surface area contributed by atoms with Crippen molar-refractivity contribution in [1.82, 2.24) is 0 Å². The minimum Gasteiger partial charge on any atom is -0.465 e. The number of aryl methyl sites for hydroxylation is 2. The number of rotatable bonds is 6. The largest absolute Gasteiger partial charge is 0.465 e. The van der Waals surface area contributed by atoms with Crippen LogP contribution in [0, 0.1) is 20.8 Å². The van der Waals surface area contributed by atoms with Gasteiger partial charge in [-0.05, 0) is 44.5 Å². The summed E-state index contributed by atoms with van der Waals surface area (Å²) in [4.78, 5) is 38.2. The zero-order chi connectivity index (χ0) is 18.6. The molecule has 0 bridgehead atoms. The van der Waals surface area contributed by atoms with E-state index in [1.807, 2.05) is 19.9 Å². The SMILES string of the molecule is COC(=O)c1cccc(NC(=O)CCC(=O)c2cc(C)sc2C)c1C. The summed E-state index contributed by atoms with van der Waals surface area (Å²) in [6.45, 7) is 5.61. The van der Waals surface area contributed by atoms with Crippen molar-refractivity contribution in [3.05, 3.63) is 50.7 Å². The Kier molecular flexibility index (Phi) is 6.09. The van der Waals surface area contributed by atoms with Crippen LogP contribution in [0.25, 0.3) is 0 Å². The molecule has 25 heavy (non-hydrogen) atoms. The third-order valence-corrected chi connectivity index (χ3v) is 4.90. The minimum atomic E-state index is -0.452. The van der Waals surface area contributed by atoms with Gasteiger partial charge in [0.2, 0.25) is 5.91 Å². The standard InChI is InChI=1S/C19H21NO4S/c1-11-10-15(13(3)25-11)17(21)8-9-18(22)20-16-7-5-6-14(12(16)2)19(23)24-4/h5-7,10H,8-9H2,1-4H3,(H,20,22). The lowest BCUT2D eigenvalue weighted by Crippen LogP contribution is -2.15. The van der Waals surface area contributed by atoms with Gasteiger partial charge in [-0.3, -0.25) is 9.59 Å². The van der Waals surface area contributed by atoms with Crippen molar-refractivity contribution in [3.8, 4) is 0 Å². The fourth-order valence-corrected chi connectivity index (χ4v) is 3.53. The molecule has 0 unspecified atom stereocenters. The third kappa shape index (κ3) is 4.54. The smallest absolute Gasteiger partial charge is 0.338 e. The lowest BCUT2D eigenvalue weighted by Gasteiger charge is -2.11. The molecule has 1 aromatic carbocycles. The molecule has 6 heteroatoms. The Balaban J connectivity index is 2.00. The first-order valence-electron chi connectivity index (χ1n) is 7.91. The molecule has 0 atom stereocenters. The highest BCUT2D eigenvalue weighted by Gasteiger charge is 2.16. The first-order valence-corrected chi connectivity index (χ1v) is 8.73. The van der Waals surface area contributed by atoms with Crippen molar-refractivity contribution >= 4 is 34.7 Å². The van der Waals surface area contributed by atoms with E-state index in [0.717, 1.165) is 9.75 Å². The molecule has 0 saturated heterocycles. The predicted molar refractivity (Wildman–Crippen MR) is 98.5 cm³/mol. The Morgan fingerprint density at radius 1 is 1.08 bits per heavy atom. The van der Waals surface area contributed by atoms with Crippen molar-refractivity contribution in [2.24, 2.45) is 0 Å². The quantitative estimate of drug-likeness (QED) is 0.623. The van der Waals surface area contributed by atoms with Gasteiger partial charge in [0.15, 0.2) is 5.78 Å². The van der Waals surface area contributed by atoms with Gasteiger partial charge < -0.3 is 10.1 Å². The number of benzene rings is 1. The van der Waals surface area contributed by atoms with Crippen molar-refractivity contribution in [3.63, 3.8) is 0 Å². The van der Waals surface area contributed by atoms with E-state index < -0.39 is 5.97 Å². The van der Waals surface area contributed by atoms with Gasteiger partial charge in [-0.2, -0.15) is 0 Å². The summed E-state index contributed by atoms with van der Waals surface area (Å²) >= 11 is 1.58. The minimum absolute atomic E-state index is 0.0305. The van der Waals surface area contributed by atoms with Gasteiger partial charge in [-0.1, -0.05) is 6.07 Å². The second-order valence-corrected chi connectivity index (χ2v) is 7.23. The molecule has 132 valence electrons. The van der Waals surface area contributed by atoms with Crippen molar-refractivity contribution in [2.45, 2.75) is 33.6 Å². The molecule has 1 aromatic heterocycles. The van der Waals surface area contributed by atoms with Crippen LogP contribution >= 0.6 is 11.3 Å². The number of nitrogens with one attached hydrogen (secondary N) is 1. The summed E-state index contributed by atoms with van der Waals surface area (Å²) in [5.41, 5.74) is 2.28. The molecule has 1 N–H and O–H groups in total. The number of hydrogen-bond acceptors (Lipinski definition) is 5. The first kappa shape index (κ1) is 18.9. The normalized spacial score (nSPS) is 10.4. The van der Waals surface area contributed by atoms with E-state index in [4.69, 9.17) is 4.74 Å². The molecular formula is C19H21NO4S. The number of amides is 1. The Morgan fingerprint density at radius 3 is 2.40 bits per heavy atom. The second kappa shape index (κ2) is 8.07. The number of methoxy groups -OCH3 is 1. The molecule has 5 nitrogen and oxygen atoms in total. The van der Waals surface area contributed by atoms with Crippen LogP contribution in [0.2, 0.25) is 0 Å². The number of thiophene rings is 1. The van der Waals surface area contributed by atoms with Gasteiger partial charge in [0.25, 0.3) is 0 Å². The van der Waals surface area contributed by atoms with Crippen LogP contribution in [0.3, 0.4) is 0 Å². The van der Waals surface area contributed by atoms with Crippen molar-refractivity contribution < 1.29 is 19.1 Å². The maximum absolute atomic E-state index is 12.3. The molecule has 0 aliphatic carbocycles. The van der Waals surface area contributed by atoms with Crippen LogP contribution in [0.5, 0.6) is 0 Å². The van der Waals surface area contributed by atoms with E-state index in [0.29, 0.717) is 22.4 Å². The molecule has 0 aliphatic rings. The van der Waals surface area contributed by atoms with Crippen LogP contribution in [-0.4, -0.2) is 24.8 Å². The average Bonchev–Trinajstić information content (AvgIpc) is 2.92. The van der Waals surface area contributed by atoms with E-state index in [2.05, 4.69) is 5.32 Å². The summed E-state index contributed by atoms with van der Waals surface area (Å²) in [7, 11) is 1.31. The van der Waals surface area contributed by atoms with Crippen LogP contribution in [0.1, 0.15) is 48.9 Å². The highest BCUT2D eigenvalue weighted by atomic mass is 32.1. The molecule has 2 aromatic rings. The van der Waals surface area contributed by atoms with E-state index >= 15 is 0 Å². The fourth-order valence-electron chi connectivity index (χ4n) is 2.58. The monoisotopic (exact) mass is 359 g/mol. The predicted octanol–water partition coefficient (Wildman–Crippen LogP) is 4.06. The molecular weight excluding hydrogens is 338 g/mol. The molecule has 0 saturated carbocycles. The number of anilines is 1. The van der Waals surface area contributed by atoms with Gasteiger partial charge in [0.05, 0.1) is 12.7 Å². The van der Waals surface area contributed by atoms with Crippen molar-refractivity contribution in [1.29, 1.82) is 0 Å². The maximum Gasteiger partial charge on any atom is 0.338 e. The highest BCUT2D eigenvalue weighted by Crippen LogP contribution is 2.23. The first-order chi connectivity index (χ1) is 11.8. The summed E-state index contributed by atoms with van der Waals surface area (Å²) in [6.07, 6.45) is 0.244.